The lowest BCUT2D eigenvalue weighted by atomic mass is 10.0. The number of rotatable bonds is 7. The number of halogens is 1. The summed E-state index contributed by atoms with van der Waals surface area (Å²) in [5.74, 6) is -2.26. The third-order valence-electron chi connectivity index (χ3n) is 3.43. The van der Waals surface area contributed by atoms with Crippen molar-refractivity contribution in [3.63, 3.8) is 0 Å². The maximum absolute atomic E-state index is 12.8. The number of ether oxygens (including phenoxy) is 1. The number of anilines is 1. The summed E-state index contributed by atoms with van der Waals surface area (Å²) >= 11 is 1.26. The maximum atomic E-state index is 12.8. The third kappa shape index (κ3) is 5.66. The molecular formula is C18H19FN2O4S. The molecule has 0 saturated heterocycles. The molecule has 1 aromatic heterocycles. The van der Waals surface area contributed by atoms with Crippen LogP contribution in [0.5, 0.6) is 0 Å². The lowest BCUT2D eigenvalue weighted by Gasteiger charge is -2.20. The molecule has 0 fully saturated rings. The van der Waals surface area contributed by atoms with Crippen molar-refractivity contribution < 1.29 is 23.5 Å². The summed E-state index contributed by atoms with van der Waals surface area (Å²) in [5.41, 5.74) is 0.388. The van der Waals surface area contributed by atoms with Crippen molar-refractivity contribution in [3.05, 3.63) is 52.5 Å². The van der Waals surface area contributed by atoms with Crippen LogP contribution in [-0.4, -0.2) is 30.4 Å². The summed E-state index contributed by atoms with van der Waals surface area (Å²) in [7, 11) is 0. The summed E-state index contributed by atoms with van der Waals surface area (Å²) < 4.78 is 17.8. The summed E-state index contributed by atoms with van der Waals surface area (Å²) in [6.07, 6.45) is 0. The number of carbonyl (C=O) groups excluding carboxylic acids is 3. The number of thiophene rings is 1. The fourth-order valence-electron chi connectivity index (χ4n) is 2.07. The van der Waals surface area contributed by atoms with E-state index in [0.29, 0.717) is 10.6 Å². The van der Waals surface area contributed by atoms with Crippen molar-refractivity contribution in [2.75, 3.05) is 11.9 Å². The molecule has 0 aliphatic carbocycles. The number of hydrogen-bond donors (Lipinski definition) is 2. The zero-order valence-electron chi connectivity index (χ0n) is 14.3. The van der Waals surface area contributed by atoms with Gasteiger partial charge in [-0.05, 0) is 41.6 Å². The van der Waals surface area contributed by atoms with Crippen molar-refractivity contribution in [3.8, 4) is 0 Å². The van der Waals surface area contributed by atoms with E-state index in [2.05, 4.69) is 10.6 Å². The lowest BCUT2D eigenvalue weighted by Crippen LogP contribution is -2.45. The van der Waals surface area contributed by atoms with Crippen LogP contribution in [0.1, 0.15) is 23.5 Å². The van der Waals surface area contributed by atoms with Crippen molar-refractivity contribution in [1.29, 1.82) is 0 Å². The van der Waals surface area contributed by atoms with Gasteiger partial charge in [0.2, 0.25) is 0 Å². The molecule has 0 bridgehead atoms. The first kappa shape index (κ1) is 19.6. The lowest BCUT2D eigenvalue weighted by molar-refractivity contribution is -0.150. The Kier molecular flexibility index (Phi) is 6.85. The second-order valence-electron chi connectivity index (χ2n) is 5.84. The normalized spacial score (nSPS) is 11.7. The van der Waals surface area contributed by atoms with Gasteiger partial charge in [0.25, 0.3) is 11.8 Å². The van der Waals surface area contributed by atoms with Gasteiger partial charge in [0, 0.05) is 5.69 Å². The fourth-order valence-corrected chi connectivity index (χ4v) is 2.70. The Morgan fingerprint density at radius 2 is 1.85 bits per heavy atom. The molecule has 0 aliphatic rings. The summed E-state index contributed by atoms with van der Waals surface area (Å²) in [5, 5.41) is 6.87. The minimum atomic E-state index is -0.872. The van der Waals surface area contributed by atoms with Crippen LogP contribution in [0.3, 0.4) is 0 Å². The van der Waals surface area contributed by atoms with Crippen LogP contribution in [-0.2, 0) is 14.3 Å². The van der Waals surface area contributed by atoms with Crippen LogP contribution < -0.4 is 10.6 Å². The summed E-state index contributed by atoms with van der Waals surface area (Å²) in [6, 6.07) is 7.72. The highest BCUT2D eigenvalue weighted by atomic mass is 32.1. The molecule has 0 radical (unpaired) electrons. The predicted octanol–water partition coefficient (Wildman–Crippen LogP) is 2.82. The number of amides is 2. The number of hydrogen-bond acceptors (Lipinski definition) is 5. The van der Waals surface area contributed by atoms with E-state index in [1.54, 1.807) is 31.4 Å². The van der Waals surface area contributed by atoms with Crippen LogP contribution in [0.2, 0.25) is 0 Å². The maximum Gasteiger partial charge on any atom is 0.329 e. The van der Waals surface area contributed by atoms with Gasteiger partial charge in [-0.2, -0.15) is 0 Å². The standard InChI is InChI=1S/C18H19FN2O4S/c1-11(2)16(21-17(23)14-4-3-9-26-14)18(24)25-10-15(22)20-13-7-5-12(19)6-8-13/h3-9,11,16H,10H2,1-2H3,(H,20,22)(H,21,23)/t16-/m0/s1. The molecule has 2 rings (SSSR count). The molecule has 0 spiro atoms. The monoisotopic (exact) mass is 378 g/mol. The van der Waals surface area contributed by atoms with Crippen LogP contribution in [0.15, 0.2) is 41.8 Å². The van der Waals surface area contributed by atoms with Gasteiger partial charge < -0.3 is 15.4 Å². The highest BCUT2D eigenvalue weighted by Crippen LogP contribution is 2.11. The van der Waals surface area contributed by atoms with E-state index in [0.717, 1.165) is 0 Å². The minimum absolute atomic E-state index is 0.216. The molecule has 6 nitrogen and oxygen atoms in total. The van der Waals surface area contributed by atoms with Gasteiger partial charge in [-0.25, -0.2) is 9.18 Å². The zero-order valence-corrected chi connectivity index (χ0v) is 15.1. The van der Waals surface area contributed by atoms with E-state index in [4.69, 9.17) is 4.74 Å². The number of esters is 1. The summed E-state index contributed by atoms with van der Waals surface area (Å²) in [6.45, 7) is 3.02. The molecule has 0 unspecified atom stereocenters. The average Bonchev–Trinajstić information content (AvgIpc) is 3.14. The molecule has 0 aliphatic heterocycles. The molecule has 8 heteroatoms. The Labute approximate surface area is 154 Å². The fraction of sp³-hybridized carbons (Fsp3) is 0.278. The number of benzene rings is 1. The quantitative estimate of drug-likeness (QED) is 0.726. The van der Waals surface area contributed by atoms with Crippen molar-refractivity contribution in [2.24, 2.45) is 5.92 Å². The second-order valence-corrected chi connectivity index (χ2v) is 6.78. The topological polar surface area (TPSA) is 84.5 Å². The molecule has 1 atom stereocenters. The van der Waals surface area contributed by atoms with E-state index in [1.807, 2.05) is 0 Å². The zero-order chi connectivity index (χ0) is 19.1. The molecule has 138 valence electrons. The van der Waals surface area contributed by atoms with E-state index in [9.17, 15) is 18.8 Å². The SMILES string of the molecule is CC(C)[C@H](NC(=O)c1cccs1)C(=O)OCC(=O)Nc1ccc(F)cc1. The first-order chi connectivity index (χ1) is 12.4. The molecule has 1 heterocycles. The Balaban J connectivity index is 1.87. The minimum Gasteiger partial charge on any atom is -0.454 e. The molecule has 2 aromatic rings. The number of nitrogens with one attached hydrogen (secondary N) is 2. The predicted molar refractivity (Wildman–Crippen MR) is 96.4 cm³/mol. The van der Waals surface area contributed by atoms with Crippen LogP contribution >= 0.6 is 11.3 Å². The molecule has 0 saturated carbocycles. The largest absolute Gasteiger partial charge is 0.454 e. The van der Waals surface area contributed by atoms with Gasteiger partial charge in [-0.15, -0.1) is 11.3 Å². The van der Waals surface area contributed by atoms with E-state index in [-0.39, 0.29) is 11.8 Å². The summed E-state index contributed by atoms with van der Waals surface area (Å²) in [4.78, 5) is 36.7. The van der Waals surface area contributed by atoms with Gasteiger partial charge in [0.05, 0.1) is 4.88 Å². The van der Waals surface area contributed by atoms with E-state index >= 15 is 0 Å². The Bertz CT molecular complexity index is 760. The third-order valence-corrected chi connectivity index (χ3v) is 4.29. The van der Waals surface area contributed by atoms with Gasteiger partial charge in [0.15, 0.2) is 6.61 Å². The van der Waals surface area contributed by atoms with Gasteiger partial charge >= 0.3 is 5.97 Å². The first-order valence-electron chi connectivity index (χ1n) is 7.93. The van der Waals surface area contributed by atoms with Crippen LogP contribution in [0.4, 0.5) is 10.1 Å². The molecule has 26 heavy (non-hydrogen) atoms. The van der Waals surface area contributed by atoms with Gasteiger partial charge in [0.1, 0.15) is 11.9 Å². The van der Waals surface area contributed by atoms with Crippen LogP contribution in [0.25, 0.3) is 0 Å². The Morgan fingerprint density at radius 3 is 2.42 bits per heavy atom. The van der Waals surface area contributed by atoms with Crippen molar-refractivity contribution >= 4 is 34.8 Å². The molecular weight excluding hydrogens is 359 g/mol. The van der Waals surface area contributed by atoms with E-state index < -0.39 is 30.3 Å². The van der Waals surface area contributed by atoms with Gasteiger partial charge in [-0.3, -0.25) is 9.59 Å². The Morgan fingerprint density at radius 1 is 1.15 bits per heavy atom. The highest BCUT2D eigenvalue weighted by molar-refractivity contribution is 7.12. The van der Waals surface area contributed by atoms with Crippen molar-refractivity contribution in [2.45, 2.75) is 19.9 Å². The van der Waals surface area contributed by atoms with Gasteiger partial charge in [-0.1, -0.05) is 19.9 Å². The average molecular weight is 378 g/mol. The molecule has 2 amide bonds. The van der Waals surface area contributed by atoms with Crippen LogP contribution in [0, 0.1) is 11.7 Å². The molecule has 2 N–H and O–H groups in total. The highest BCUT2D eigenvalue weighted by Gasteiger charge is 2.27. The molecule has 1 aromatic carbocycles. The van der Waals surface area contributed by atoms with E-state index in [1.165, 1.54) is 35.6 Å². The number of carbonyl (C=O) groups is 3. The second kappa shape index (κ2) is 9.10. The Hall–Kier alpha value is -2.74. The first-order valence-corrected chi connectivity index (χ1v) is 8.81. The van der Waals surface area contributed by atoms with Crippen molar-refractivity contribution in [1.82, 2.24) is 5.32 Å². The smallest absolute Gasteiger partial charge is 0.329 e.